The Morgan fingerprint density at radius 3 is 3.00 bits per heavy atom. The summed E-state index contributed by atoms with van der Waals surface area (Å²) in [5, 5.41) is 11.0. The van der Waals surface area contributed by atoms with Crippen molar-refractivity contribution in [3.8, 4) is 0 Å². The third kappa shape index (κ3) is 1.40. The van der Waals surface area contributed by atoms with Crippen LogP contribution >= 0.6 is 11.3 Å². The first-order valence-corrected chi connectivity index (χ1v) is 5.13. The van der Waals surface area contributed by atoms with Gasteiger partial charge in [0.05, 0.1) is 6.61 Å². The minimum atomic E-state index is 0.132. The molecule has 1 saturated carbocycles. The third-order valence-corrected chi connectivity index (χ3v) is 3.33. The average Bonchev–Trinajstić information content (AvgIpc) is 2.82. The summed E-state index contributed by atoms with van der Waals surface area (Å²) in [7, 11) is 0. The summed E-state index contributed by atoms with van der Waals surface area (Å²) in [6.07, 6.45) is 2.50. The second-order valence-electron chi connectivity index (χ2n) is 3.32. The molecule has 2 nitrogen and oxygen atoms in total. The van der Waals surface area contributed by atoms with Crippen LogP contribution in [0.2, 0.25) is 0 Å². The van der Waals surface area contributed by atoms with E-state index in [-0.39, 0.29) is 12.6 Å². The van der Waals surface area contributed by atoms with Crippen molar-refractivity contribution in [3.63, 3.8) is 0 Å². The summed E-state index contributed by atoms with van der Waals surface area (Å²) in [5.74, 6) is 0.671. The first-order chi connectivity index (χ1) is 5.83. The molecule has 1 heterocycles. The first kappa shape index (κ1) is 8.23. The lowest BCUT2D eigenvalue weighted by molar-refractivity contribution is 0.283. The molecule has 0 saturated heterocycles. The van der Waals surface area contributed by atoms with Gasteiger partial charge in [-0.1, -0.05) is 0 Å². The highest BCUT2D eigenvalue weighted by Crippen LogP contribution is 2.41. The van der Waals surface area contributed by atoms with Crippen molar-refractivity contribution >= 4 is 11.3 Å². The molecule has 1 atom stereocenters. The van der Waals surface area contributed by atoms with E-state index in [1.54, 1.807) is 11.3 Å². The fourth-order valence-electron chi connectivity index (χ4n) is 1.49. The molecule has 0 aromatic carbocycles. The third-order valence-electron chi connectivity index (χ3n) is 2.41. The van der Waals surface area contributed by atoms with Crippen molar-refractivity contribution in [2.75, 3.05) is 0 Å². The number of thiophene rings is 1. The molecule has 2 rings (SSSR count). The monoisotopic (exact) mass is 183 g/mol. The molecule has 3 heteroatoms. The summed E-state index contributed by atoms with van der Waals surface area (Å²) < 4.78 is 0. The van der Waals surface area contributed by atoms with Gasteiger partial charge in [0.25, 0.3) is 0 Å². The number of nitrogens with two attached hydrogens (primary N) is 1. The minimum absolute atomic E-state index is 0.132. The molecule has 0 amide bonds. The van der Waals surface area contributed by atoms with Crippen LogP contribution in [0.25, 0.3) is 0 Å². The van der Waals surface area contributed by atoms with Gasteiger partial charge in [-0.3, -0.25) is 0 Å². The summed E-state index contributed by atoms with van der Waals surface area (Å²) in [4.78, 5) is 1.04. The van der Waals surface area contributed by atoms with Crippen LogP contribution in [0.5, 0.6) is 0 Å². The van der Waals surface area contributed by atoms with Crippen LogP contribution in [0.15, 0.2) is 11.4 Å². The van der Waals surface area contributed by atoms with E-state index in [2.05, 4.69) is 0 Å². The second-order valence-corrected chi connectivity index (χ2v) is 4.32. The van der Waals surface area contributed by atoms with E-state index in [0.29, 0.717) is 5.92 Å². The van der Waals surface area contributed by atoms with Gasteiger partial charge < -0.3 is 10.8 Å². The lowest BCUT2D eigenvalue weighted by Gasteiger charge is -2.09. The molecule has 0 radical (unpaired) electrons. The van der Waals surface area contributed by atoms with Crippen molar-refractivity contribution in [1.29, 1.82) is 0 Å². The van der Waals surface area contributed by atoms with Crippen molar-refractivity contribution < 1.29 is 5.11 Å². The zero-order valence-corrected chi connectivity index (χ0v) is 7.68. The van der Waals surface area contributed by atoms with Crippen molar-refractivity contribution in [1.82, 2.24) is 0 Å². The molecule has 1 aliphatic carbocycles. The van der Waals surface area contributed by atoms with Crippen LogP contribution in [-0.2, 0) is 6.61 Å². The molecule has 0 aliphatic heterocycles. The molecule has 1 unspecified atom stereocenters. The number of aliphatic hydroxyl groups excluding tert-OH is 1. The van der Waals surface area contributed by atoms with E-state index < -0.39 is 0 Å². The Kier molecular flexibility index (Phi) is 2.17. The highest BCUT2D eigenvalue weighted by molar-refractivity contribution is 7.10. The maximum atomic E-state index is 9.01. The van der Waals surface area contributed by atoms with E-state index in [4.69, 9.17) is 10.8 Å². The molecule has 0 bridgehead atoms. The summed E-state index contributed by atoms with van der Waals surface area (Å²) in [6, 6.07) is 2.21. The predicted molar refractivity (Wildman–Crippen MR) is 49.9 cm³/mol. The first-order valence-electron chi connectivity index (χ1n) is 4.25. The Bertz CT molecular complexity index is 267. The summed E-state index contributed by atoms with van der Waals surface area (Å²) >= 11 is 1.59. The van der Waals surface area contributed by atoms with Gasteiger partial charge in [-0.2, -0.15) is 0 Å². The molecule has 1 aliphatic rings. The largest absolute Gasteiger partial charge is 0.391 e. The molecule has 66 valence electrons. The van der Waals surface area contributed by atoms with Gasteiger partial charge in [0.2, 0.25) is 0 Å². The van der Waals surface area contributed by atoms with Gasteiger partial charge >= 0.3 is 0 Å². The molecule has 1 fully saturated rings. The maximum absolute atomic E-state index is 9.01. The fraction of sp³-hybridized carbons (Fsp3) is 0.556. The maximum Gasteiger partial charge on any atom is 0.0777 e. The van der Waals surface area contributed by atoms with Crippen LogP contribution in [-0.4, -0.2) is 5.11 Å². The van der Waals surface area contributed by atoms with E-state index in [1.807, 2.05) is 11.4 Å². The SMILES string of the molecule is NC(c1ccsc1CO)C1CC1. The average molecular weight is 183 g/mol. The van der Waals surface area contributed by atoms with Crippen LogP contribution in [0.3, 0.4) is 0 Å². The fourth-order valence-corrected chi connectivity index (χ4v) is 2.28. The van der Waals surface area contributed by atoms with Crippen molar-refractivity contribution in [3.05, 3.63) is 21.9 Å². The van der Waals surface area contributed by atoms with E-state index >= 15 is 0 Å². The van der Waals surface area contributed by atoms with E-state index in [9.17, 15) is 0 Å². The summed E-state index contributed by atoms with van der Waals surface area (Å²) in [6.45, 7) is 0.132. The Hall–Kier alpha value is -0.380. The molecule has 0 spiro atoms. The van der Waals surface area contributed by atoms with Crippen molar-refractivity contribution in [2.24, 2.45) is 11.7 Å². The minimum Gasteiger partial charge on any atom is -0.391 e. The second kappa shape index (κ2) is 3.17. The number of hydrogen-bond donors (Lipinski definition) is 2. The van der Waals surface area contributed by atoms with Crippen LogP contribution in [0, 0.1) is 5.92 Å². The topological polar surface area (TPSA) is 46.2 Å². The molecular formula is C9H13NOS. The Labute approximate surface area is 76.0 Å². The Morgan fingerprint density at radius 1 is 1.67 bits per heavy atom. The van der Waals surface area contributed by atoms with E-state index in [0.717, 1.165) is 10.4 Å². The van der Waals surface area contributed by atoms with Gasteiger partial charge in [-0.25, -0.2) is 0 Å². The van der Waals surface area contributed by atoms with Crippen molar-refractivity contribution in [2.45, 2.75) is 25.5 Å². The molecule has 12 heavy (non-hydrogen) atoms. The summed E-state index contributed by atoms with van der Waals surface area (Å²) in [5.41, 5.74) is 7.17. The van der Waals surface area contributed by atoms with Crippen LogP contribution in [0.4, 0.5) is 0 Å². The molecule has 1 aromatic rings. The number of hydrogen-bond acceptors (Lipinski definition) is 3. The van der Waals surface area contributed by atoms with Gasteiger partial charge in [0.15, 0.2) is 0 Å². The normalized spacial score (nSPS) is 19.5. The highest BCUT2D eigenvalue weighted by Gasteiger charge is 2.30. The van der Waals surface area contributed by atoms with Gasteiger partial charge in [-0.15, -0.1) is 11.3 Å². The van der Waals surface area contributed by atoms with Crippen LogP contribution in [0.1, 0.15) is 29.3 Å². The lowest BCUT2D eigenvalue weighted by atomic mass is 10.0. The van der Waals surface area contributed by atoms with Crippen LogP contribution < -0.4 is 5.73 Å². The standard InChI is InChI=1S/C9H13NOS/c10-9(6-1-2-6)7-3-4-12-8(7)5-11/h3-4,6,9,11H,1-2,5,10H2. The number of rotatable bonds is 3. The quantitative estimate of drug-likeness (QED) is 0.748. The van der Waals surface area contributed by atoms with Gasteiger partial charge in [0, 0.05) is 10.9 Å². The Morgan fingerprint density at radius 2 is 2.42 bits per heavy atom. The number of aliphatic hydroxyl groups is 1. The van der Waals surface area contributed by atoms with E-state index in [1.165, 1.54) is 12.8 Å². The lowest BCUT2D eigenvalue weighted by Crippen LogP contribution is -2.12. The molecular weight excluding hydrogens is 170 g/mol. The van der Waals surface area contributed by atoms with Gasteiger partial charge in [0.1, 0.15) is 0 Å². The zero-order valence-electron chi connectivity index (χ0n) is 6.86. The molecule has 1 aromatic heterocycles. The van der Waals surface area contributed by atoms with Gasteiger partial charge in [-0.05, 0) is 35.8 Å². The zero-order chi connectivity index (χ0) is 8.55. The highest BCUT2D eigenvalue weighted by atomic mass is 32.1. The smallest absolute Gasteiger partial charge is 0.0777 e. The Balaban J connectivity index is 2.19. The predicted octanol–water partition coefficient (Wildman–Crippen LogP) is 1.65. The molecule has 3 N–H and O–H groups in total.